The Morgan fingerprint density at radius 1 is 0.879 bits per heavy atom. The fraction of sp³-hybridized carbons (Fsp3) is 0.850. The summed E-state index contributed by atoms with van der Waals surface area (Å²) in [6, 6.07) is 0. The van der Waals surface area contributed by atoms with Gasteiger partial charge in [-0.05, 0) is 51.4 Å². The first-order valence-corrected chi connectivity index (χ1v) is 24.3. The lowest BCUT2D eigenvalue weighted by molar-refractivity contribution is -0.371. The molecule has 0 aromatic heterocycles. The molecule has 1 N–H and O–H groups in total. The van der Waals surface area contributed by atoms with E-state index in [1.165, 1.54) is 0 Å². The van der Waals surface area contributed by atoms with Crippen molar-refractivity contribution >= 4 is 61.9 Å². The zero-order chi connectivity index (χ0) is 26.8. The van der Waals surface area contributed by atoms with Gasteiger partial charge in [-0.3, -0.25) is 0 Å². The van der Waals surface area contributed by atoms with Crippen LogP contribution < -0.4 is 0 Å². The Hall–Kier alpha value is 0.311. The van der Waals surface area contributed by atoms with Crippen molar-refractivity contribution in [3.05, 3.63) is 11.1 Å². The standard InChI is InChI=1S/C20H50O7Si6/c1-14(15(16(21)22)17(2,3)4)19(23-28,24-29)18(5,6)20(25-30,27-32(8,9)10)26-31(7)33(11,12)13/h31H,1-13,28-30H3,(H,21,22). The topological polar surface area (TPSA) is 83.5 Å². The normalized spacial score (nSPS) is 19.7. The molecular formula is C20H50O7Si6. The van der Waals surface area contributed by atoms with Gasteiger partial charge in [-0.15, -0.1) is 0 Å². The second-order valence-corrected chi connectivity index (χ2v) is 31.8. The zero-order valence-electron chi connectivity index (χ0n) is 24.0. The quantitative estimate of drug-likeness (QED) is 0.215. The maximum atomic E-state index is 12.4. The predicted octanol–water partition coefficient (Wildman–Crippen LogP) is 1.34. The van der Waals surface area contributed by atoms with Crippen LogP contribution in [0.5, 0.6) is 0 Å². The van der Waals surface area contributed by atoms with Crippen molar-refractivity contribution in [2.45, 2.75) is 99.1 Å². The summed E-state index contributed by atoms with van der Waals surface area (Å²) in [6.45, 7) is 26.8. The van der Waals surface area contributed by atoms with Crippen molar-refractivity contribution in [1.82, 2.24) is 0 Å². The van der Waals surface area contributed by atoms with Crippen molar-refractivity contribution in [1.29, 1.82) is 0 Å². The van der Waals surface area contributed by atoms with Crippen molar-refractivity contribution in [2.24, 2.45) is 10.8 Å². The minimum atomic E-state index is -2.18. The van der Waals surface area contributed by atoms with Crippen LogP contribution in [0.4, 0.5) is 0 Å². The lowest BCUT2D eigenvalue weighted by Crippen LogP contribution is -2.69. The minimum absolute atomic E-state index is 0.271. The fourth-order valence-corrected chi connectivity index (χ4v) is 11.7. The highest BCUT2D eigenvalue weighted by atomic mass is 29.2. The Bertz CT molecular complexity index is 718. The van der Waals surface area contributed by atoms with Gasteiger partial charge in [0.05, 0.1) is 13.0 Å². The summed E-state index contributed by atoms with van der Waals surface area (Å²) < 4.78 is 32.6. The van der Waals surface area contributed by atoms with Crippen LogP contribution in [-0.4, -0.2) is 78.8 Å². The molecule has 0 fully saturated rings. The van der Waals surface area contributed by atoms with Gasteiger partial charge in [-0.1, -0.05) is 47.0 Å². The molecule has 0 aromatic rings. The molecule has 2 unspecified atom stereocenters. The summed E-state index contributed by atoms with van der Waals surface area (Å²) in [6.07, 6.45) is 0. The van der Waals surface area contributed by atoms with Crippen LogP contribution in [0.3, 0.4) is 0 Å². The number of carboxylic acids is 1. The van der Waals surface area contributed by atoms with E-state index in [-0.39, 0.29) is 5.57 Å². The van der Waals surface area contributed by atoms with Crippen LogP contribution in [0, 0.1) is 10.8 Å². The highest BCUT2D eigenvalue weighted by molar-refractivity contribution is 7.28. The Kier molecular flexibility index (Phi) is 11.3. The van der Waals surface area contributed by atoms with Crippen molar-refractivity contribution < 1.29 is 32.0 Å². The number of hydrogen-bond donors (Lipinski definition) is 1. The summed E-state index contributed by atoms with van der Waals surface area (Å²) in [5.41, 5.74) is -0.815. The van der Waals surface area contributed by atoms with E-state index in [9.17, 15) is 9.90 Å². The monoisotopic (exact) mass is 570 g/mol. The van der Waals surface area contributed by atoms with Gasteiger partial charge in [0.25, 0.3) is 5.97 Å². The third-order valence-corrected chi connectivity index (χ3v) is 19.6. The Morgan fingerprint density at radius 3 is 1.55 bits per heavy atom. The van der Waals surface area contributed by atoms with Crippen molar-refractivity contribution in [2.75, 3.05) is 0 Å². The number of aliphatic carboxylic acids is 1. The molecule has 0 aliphatic carbocycles. The number of carboxylic acid groups (broad SMARTS) is 1. The van der Waals surface area contributed by atoms with Crippen LogP contribution >= 0.6 is 0 Å². The molecule has 0 saturated heterocycles. The lowest BCUT2D eigenvalue weighted by Gasteiger charge is -2.57. The van der Waals surface area contributed by atoms with Crippen molar-refractivity contribution in [3.63, 3.8) is 0 Å². The first-order chi connectivity index (χ1) is 14.5. The second kappa shape index (κ2) is 11.1. The molecule has 0 spiro atoms. The van der Waals surface area contributed by atoms with E-state index < -0.39 is 53.0 Å². The highest BCUT2D eigenvalue weighted by Crippen LogP contribution is 2.53. The van der Waals surface area contributed by atoms with E-state index >= 15 is 0 Å². The highest BCUT2D eigenvalue weighted by Gasteiger charge is 2.64. The average Bonchev–Trinajstić information content (AvgIpc) is 2.58. The molecular weight excluding hydrogens is 521 g/mol. The van der Waals surface area contributed by atoms with Gasteiger partial charge < -0.3 is 27.2 Å². The number of carbonyl (C=O) groups is 1. The number of rotatable bonds is 12. The Morgan fingerprint density at radius 2 is 1.30 bits per heavy atom. The zero-order valence-corrected chi connectivity index (χ0v) is 33.1. The summed E-state index contributed by atoms with van der Waals surface area (Å²) in [5, 5.41) is 10.2. The SMILES string of the molecule is CC(=C(C(=O)O)C(C)(C)C)C(O[SiH3])(O[SiH3])C(C)(C)C(O[SiH3])(O[SiH](C)[Si](C)(C)C)O[Si](C)(C)C. The third-order valence-electron chi connectivity index (χ3n) is 6.26. The molecule has 0 heterocycles. The summed E-state index contributed by atoms with van der Waals surface area (Å²) >= 11 is 0. The molecule has 7 nitrogen and oxygen atoms in total. The average molecular weight is 571 g/mol. The van der Waals surface area contributed by atoms with Gasteiger partial charge in [-0.2, -0.15) is 0 Å². The maximum absolute atomic E-state index is 12.4. The predicted molar refractivity (Wildman–Crippen MR) is 154 cm³/mol. The van der Waals surface area contributed by atoms with E-state index in [0.29, 0.717) is 37.0 Å². The molecule has 0 aromatic carbocycles. The summed E-state index contributed by atoms with van der Waals surface area (Å²) in [7, 11) is -4.47. The molecule has 0 amide bonds. The van der Waals surface area contributed by atoms with E-state index in [2.05, 4.69) is 45.8 Å². The molecule has 0 rings (SSSR count). The van der Waals surface area contributed by atoms with Gasteiger partial charge in [0.2, 0.25) is 0 Å². The largest absolute Gasteiger partial charge is 0.478 e. The van der Waals surface area contributed by atoms with Gasteiger partial charge in [0, 0.05) is 5.57 Å². The van der Waals surface area contributed by atoms with Crippen molar-refractivity contribution in [3.8, 4) is 0 Å². The molecule has 0 bridgehead atoms. The van der Waals surface area contributed by atoms with Gasteiger partial charge in [0.1, 0.15) is 21.0 Å². The third kappa shape index (κ3) is 7.18. The molecule has 0 aliphatic rings. The molecule has 2 atom stereocenters. The smallest absolute Gasteiger partial charge is 0.332 e. The first kappa shape index (κ1) is 33.3. The Balaban J connectivity index is 7.44. The van der Waals surface area contributed by atoms with Gasteiger partial charge in [0.15, 0.2) is 33.1 Å². The molecule has 13 heteroatoms. The molecule has 0 radical (unpaired) electrons. The van der Waals surface area contributed by atoms with E-state index in [4.69, 9.17) is 22.1 Å². The van der Waals surface area contributed by atoms with Gasteiger partial charge >= 0.3 is 5.97 Å². The minimum Gasteiger partial charge on any atom is -0.478 e. The Labute approximate surface area is 214 Å². The molecule has 0 aliphatic heterocycles. The van der Waals surface area contributed by atoms with Crippen LogP contribution in [0.2, 0.25) is 45.8 Å². The van der Waals surface area contributed by atoms with Crippen LogP contribution in [0.1, 0.15) is 41.5 Å². The summed E-state index contributed by atoms with van der Waals surface area (Å²) in [5.74, 6) is -3.73. The fourth-order valence-electron chi connectivity index (χ4n) is 4.23. The molecule has 196 valence electrons. The lowest BCUT2D eigenvalue weighted by atomic mass is 9.72. The van der Waals surface area contributed by atoms with Crippen LogP contribution in [-0.2, 0) is 26.9 Å². The summed E-state index contributed by atoms with van der Waals surface area (Å²) in [4.78, 5) is 12.4. The van der Waals surface area contributed by atoms with Crippen LogP contribution in [0.15, 0.2) is 11.1 Å². The van der Waals surface area contributed by atoms with E-state index in [1.54, 1.807) is 6.92 Å². The molecule has 33 heavy (non-hydrogen) atoms. The van der Waals surface area contributed by atoms with E-state index in [1.807, 2.05) is 34.6 Å². The van der Waals surface area contributed by atoms with Gasteiger partial charge in [-0.25, -0.2) is 4.79 Å². The second-order valence-electron chi connectivity index (χ2n) is 12.3. The van der Waals surface area contributed by atoms with Crippen LogP contribution in [0.25, 0.3) is 0 Å². The van der Waals surface area contributed by atoms with E-state index in [0.717, 1.165) is 0 Å². The first-order valence-electron chi connectivity index (χ1n) is 11.5. The maximum Gasteiger partial charge on any atom is 0.332 e. The molecule has 0 saturated carbocycles. The number of hydrogen-bond acceptors (Lipinski definition) is 6.